The van der Waals surface area contributed by atoms with Gasteiger partial charge in [-0.1, -0.05) is 41.4 Å². The molecule has 0 aliphatic heterocycles. The van der Waals surface area contributed by atoms with E-state index in [0.717, 1.165) is 16.8 Å². The highest BCUT2D eigenvalue weighted by atomic mass is 35.5. The second-order valence-corrected chi connectivity index (χ2v) is 7.67. The first-order valence-electron chi connectivity index (χ1n) is 9.61. The van der Waals surface area contributed by atoms with E-state index in [4.69, 9.17) is 27.9 Å². The van der Waals surface area contributed by atoms with E-state index < -0.39 is 11.7 Å². The van der Waals surface area contributed by atoms with E-state index in [1.54, 1.807) is 22.7 Å². The standard InChI is InChI=1S/C24H18Cl2N2O3/c1-2-31-20-8-6-15(7-9-20)21-14-19-5-3-4-10-28(19)22(21)23(29)24(30)27-18-12-16(25)11-17(26)13-18/h3-14H,2H2,1H3,(H,27,30). The Kier molecular flexibility index (Phi) is 5.98. The smallest absolute Gasteiger partial charge is 0.298 e. The zero-order valence-corrected chi connectivity index (χ0v) is 18.1. The van der Waals surface area contributed by atoms with E-state index in [1.807, 2.05) is 49.4 Å². The summed E-state index contributed by atoms with van der Waals surface area (Å²) in [5, 5.41) is 3.31. The number of Topliss-reactive ketones (excluding diaryl/α,β-unsaturated/α-hetero) is 1. The number of fused-ring (bicyclic) bond motifs is 1. The minimum absolute atomic E-state index is 0.269. The summed E-state index contributed by atoms with van der Waals surface area (Å²) in [6, 6.07) is 19.5. The van der Waals surface area contributed by atoms with Gasteiger partial charge in [0.15, 0.2) is 0 Å². The van der Waals surface area contributed by atoms with E-state index in [9.17, 15) is 9.59 Å². The van der Waals surface area contributed by atoms with Crippen molar-refractivity contribution in [2.75, 3.05) is 11.9 Å². The van der Waals surface area contributed by atoms with Crippen molar-refractivity contribution in [2.45, 2.75) is 6.92 Å². The number of ketones is 1. The maximum atomic E-state index is 13.2. The number of ether oxygens (including phenoxy) is 1. The Morgan fingerprint density at radius 1 is 0.968 bits per heavy atom. The average molecular weight is 453 g/mol. The third kappa shape index (κ3) is 4.43. The number of pyridine rings is 1. The molecule has 2 aromatic heterocycles. The van der Waals surface area contributed by atoms with Crippen molar-refractivity contribution in [3.05, 3.63) is 88.7 Å². The fraction of sp³-hybridized carbons (Fsp3) is 0.0833. The number of benzene rings is 2. The first kappa shape index (κ1) is 21.0. The quantitative estimate of drug-likeness (QED) is 0.282. The molecule has 5 nitrogen and oxygen atoms in total. The minimum atomic E-state index is -0.783. The summed E-state index contributed by atoms with van der Waals surface area (Å²) in [7, 11) is 0. The summed E-state index contributed by atoms with van der Waals surface area (Å²) in [5.74, 6) is -0.723. The van der Waals surface area contributed by atoms with Crippen LogP contribution < -0.4 is 10.1 Å². The predicted octanol–water partition coefficient (Wildman–Crippen LogP) is 6.13. The molecular formula is C24H18Cl2N2O3. The van der Waals surface area contributed by atoms with Crippen LogP contribution in [-0.2, 0) is 4.79 Å². The molecule has 0 atom stereocenters. The van der Waals surface area contributed by atoms with Gasteiger partial charge in [-0.2, -0.15) is 0 Å². The van der Waals surface area contributed by atoms with Crippen molar-refractivity contribution in [3.8, 4) is 16.9 Å². The zero-order chi connectivity index (χ0) is 22.0. The molecule has 31 heavy (non-hydrogen) atoms. The number of nitrogens with zero attached hydrogens (tertiary/aromatic N) is 1. The molecule has 7 heteroatoms. The number of rotatable bonds is 6. The van der Waals surface area contributed by atoms with Crippen molar-refractivity contribution in [1.82, 2.24) is 4.40 Å². The molecule has 2 heterocycles. The van der Waals surface area contributed by atoms with Gasteiger partial charge in [0.2, 0.25) is 0 Å². The Morgan fingerprint density at radius 3 is 2.35 bits per heavy atom. The number of nitrogens with one attached hydrogen (secondary N) is 1. The summed E-state index contributed by atoms with van der Waals surface area (Å²) in [6.45, 7) is 2.48. The number of aromatic nitrogens is 1. The molecule has 0 unspecified atom stereocenters. The molecule has 0 fully saturated rings. The SMILES string of the molecule is CCOc1ccc(-c2cc3ccccn3c2C(=O)C(=O)Nc2cc(Cl)cc(Cl)c2)cc1. The third-order valence-electron chi connectivity index (χ3n) is 4.70. The summed E-state index contributed by atoms with van der Waals surface area (Å²) in [6.07, 6.45) is 1.75. The van der Waals surface area contributed by atoms with Gasteiger partial charge < -0.3 is 14.5 Å². The molecule has 2 aromatic carbocycles. The minimum Gasteiger partial charge on any atom is -0.494 e. The van der Waals surface area contributed by atoms with E-state index >= 15 is 0 Å². The second-order valence-electron chi connectivity index (χ2n) is 6.80. The largest absolute Gasteiger partial charge is 0.494 e. The fourth-order valence-electron chi connectivity index (χ4n) is 3.39. The first-order chi connectivity index (χ1) is 15.0. The van der Waals surface area contributed by atoms with E-state index in [1.165, 1.54) is 12.1 Å². The normalized spacial score (nSPS) is 10.8. The van der Waals surface area contributed by atoms with Crippen molar-refractivity contribution in [1.29, 1.82) is 0 Å². The Morgan fingerprint density at radius 2 is 1.68 bits per heavy atom. The number of halogens is 2. The van der Waals surface area contributed by atoms with Crippen LogP contribution >= 0.6 is 23.2 Å². The molecule has 0 bridgehead atoms. The van der Waals surface area contributed by atoms with Gasteiger partial charge in [0, 0.05) is 33.0 Å². The Balaban J connectivity index is 1.74. The van der Waals surface area contributed by atoms with E-state index in [-0.39, 0.29) is 5.69 Å². The van der Waals surface area contributed by atoms with Crippen molar-refractivity contribution < 1.29 is 14.3 Å². The summed E-state index contributed by atoms with van der Waals surface area (Å²) < 4.78 is 7.21. The number of carbonyl (C=O) groups excluding carboxylic acids is 2. The maximum absolute atomic E-state index is 13.2. The first-order valence-corrected chi connectivity index (χ1v) is 10.4. The number of anilines is 1. The Labute approximate surface area is 189 Å². The molecule has 4 rings (SSSR count). The van der Waals surface area contributed by atoms with Gasteiger partial charge in [-0.3, -0.25) is 9.59 Å². The van der Waals surface area contributed by atoms with Gasteiger partial charge in [0.05, 0.1) is 6.61 Å². The molecule has 0 radical (unpaired) electrons. The topological polar surface area (TPSA) is 59.8 Å². The Hall–Kier alpha value is -3.28. The van der Waals surface area contributed by atoms with Gasteiger partial charge in [0.25, 0.3) is 11.7 Å². The lowest BCUT2D eigenvalue weighted by Crippen LogP contribution is -2.24. The summed E-state index contributed by atoms with van der Waals surface area (Å²) in [4.78, 5) is 26.1. The lowest BCUT2D eigenvalue weighted by atomic mass is 10.0. The van der Waals surface area contributed by atoms with Crippen LogP contribution in [0.2, 0.25) is 10.0 Å². The van der Waals surface area contributed by atoms with Gasteiger partial charge in [0.1, 0.15) is 11.4 Å². The predicted molar refractivity (Wildman–Crippen MR) is 123 cm³/mol. The van der Waals surface area contributed by atoms with Crippen molar-refractivity contribution >= 4 is 46.1 Å². The number of carbonyl (C=O) groups is 2. The molecule has 4 aromatic rings. The van der Waals surface area contributed by atoms with Crippen molar-refractivity contribution in [2.24, 2.45) is 0 Å². The van der Waals surface area contributed by atoms with Gasteiger partial charge in [-0.15, -0.1) is 0 Å². The molecule has 0 spiro atoms. The highest BCUT2D eigenvalue weighted by Gasteiger charge is 2.25. The van der Waals surface area contributed by atoms with Crippen LogP contribution in [0.5, 0.6) is 5.75 Å². The van der Waals surface area contributed by atoms with Crippen LogP contribution in [-0.4, -0.2) is 22.7 Å². The van der Waals surface area contributed by atoms with Gasteiger partial charge in [-0.25, -0.2) is 0 Å². The second kappa shape index (κ2) is 8.84. The van der Waals surface area contributed by atoms with Crippen LogP contribution in [0.15, 0.2) is 72.9 Å². The van der Waals surface area contributed by atoms with Gasteiger partial charge in [-0.05, 0) is 61.0 Å². The third-order valence-corrected chi connectivity index (χ3v) is 5.13. The fourth-order valence-corrected chi connectivity index (χ4v) is 3.92. The molecule has 1 N–H and O–H groups in total. The molecule has 1 amide bonds. The van der Waals surface area contributed by atoms with Crippen LogP contribution in [0.4, 0.5) is 5.69 Å². The summed E-state index contributed by atoms with van der Waals surface area (Å²) >= 11 is 12.0. The molecule has 156 valence electrons. The molecule has 0 aliphatic rings. The zero-order valence-electron chi connectivity index (χ0n) is 16.6. The number of amides is 1. The Bertz CT molecular complexity index is 1260. The molecule has 0 saturated carbocycles. The van der Waals surface area contributed by atoms with Crippen LogP contribution in [0, 0.1) is 0 Å². The highest BCUT2D eigenvalue weighted by molar-refractivity contribution is 6.47. The average Bonchev–Trinajstić information content (AvgIpc) is 3.12. The number of hydrogen-bond acceptors (Lipinski definition) is 3. The van der Waals surface area contributed by atoms with E-state index in [0.29, 0.717) is 27.9 Å². The monoisotopic (exact) mass is 452 g/mol. The molecule has 0 aliphatic carbocycles. The van der Waals surface area contributed by atoms with E-state index in [2.05, 4.69) is 5.32 Å². The van der Waals surface area contributed by atoms with Crippen molar-refractivity contribution in [3.63, 3.8) is 0 Å². The highest BCUT2D eigenvalue weighted by Crippen LogP contribution is 2.30. The van der Waals surface area contributed by atoms with Crippen LogP contribution in [0.3, 0.4) is 0 Å². The molecular weight excluding hydrogens is 435 g/mol. The van der Waals surface area contributed by atoms with Gasteiger partial charge >= 0.3 is 0 Å². The summed E-state index contributed by atoms with van der Waals surface area (Å²) in [5.41, 5.74) is 2.87. The van der Waals surface area contributed by atoms with Crippen LogP contribution in [0.25, 0.3) is 16.6 Å². The maximum Gasteiger partial charge on any atom is 0.298 e. The lowest BCUT2D eigenvalue weighted by molar-refractivity contribution is -0.112. The molecule has 0 saturated heterocycles. The lowest BCUT2D eigenvalue weighted by Gasteiger charge is -2.09. The van der Waals surface area contributed by atoms with Crippen LogP contribution in [0.1, 0.15) is 17.4 Å². The number of hydrogen-bond donors (Lipinski definition) is 1.